The summed E-state index contributed by atoms with van der Waals surface area (Å²) in [6, 6.07) is 9.57. The molecule has 1 heterocycles. The number of aromatic nitrogens is 1. The zero-order chi connectivity index (χ0) is 14.5. The molecule has 1 aromatic carbocycles. The fourth-order valence-electron chi connectivity index (χ4n) is 2.01. The Hall–Kier alpha value is -1.81. The van der Waals surface area contributed by atoms with Crippen molar-refractivity contribution in [1.82, 2.24) is 4.98 Å². The summed E-state index contributed by atoms with van der Waals surface area (Å²) in [7, 11) is 1.64. The largest absolute Gasteiger partial charge is 0.496 e. The van der Waals surface area contributed by atoms with E-state index in [-0.39, 0.29) is 0 Å². The number of hydrogen-bond acceptors (Lipinski definition) is 4. The molecule has 20 heavy (non-hydrogen) atoms. The van der Waals surface area contributed by atoms with Crippen LogP contribution in [0, 0.1) is 13.8 Å². The highest BCUT2D eigenvalue weighted by Gasteiger charge is 2.06. The summed E-state index contributed by atoms with van der Waals surface area (Å²) < 4.78 is 5.33. The number of methoxy groups -OCH3 is 1. The lowest BCUT2D eigenvalue weighted by atomic mass is 10.1. The van der Waals surface area contributed by atoms with Crippen molar-refractivity contribution in [1.29, 1.82) is 0 Å². The van der Waals surface area contributed by atoms with Crippen LogP contribution in [0.15, 0.2) is 35.4 Å². The molecule has 0 radical (unpaired) electrons. The summed E-state index contributed by atoms with van der Waals surface area (Å²) in [6.07, 6.45) is 0.850. The number of aryl methyl sites for hydroxylation is 2. The van der Waals surface area contributed by atoms with Crippen molar-refractivity contribution in [3.63, 3.8) is 0 Å². The Morgan fingerprint density at radius 3 is 2.70 bits per heavy atom. The average molecular weight is 287 g/mol. The van der Waals surface area contributed by atoms with Crippen LogP contribution in [0.2, 0.25) is 0 Å². The van der Waals surface area contributed by atoms with Gasteiger partial charge in [-0.2, -0.15) is 0 Å². The van der Waals surface area contributed by atoms with Crippen molar-refractivity contribution >= 4 is 18.0 Å². The van der Waals surface area contributed by atoms with Crippen LogP contribution in [0.3, 0.4) is 0 Å². The molecule has 0 saturated heterocycles. The standard InChI is InChI=1S/C16H17NO2S/c1-11-6-12(2)17-16(7-11)20-10-14-8-13(9-18)4-5-15(14)19-3/h4-9H,10H2,1-3H3. The Kier molecular flexibility index (Phi) is 4.79. The van der Waals surface area contributed by atoms with E-state index in [9.17, 15) is 4.79 Å². The molecule has 0 N–H and O–H groups in total. The number of ether oxygens (including phenoxy) is 1. The molecule has 0 aliphatic heterocycles. The van der Waals surface area contributed by atoms with E-state index >= 15 is 0 Å². The molecule has 4 heteroatoms. The highest BCUT2D eigenvalue weighted by Crippen LogP contribution is 2.28. The van der Waals surface area contributed by atoms with Crippen molar-refractivity contribution in [3.05, 3.63) is 52.7 Å². The smallest absolute Gasteiger partial charge is 0.150 e. The third-order valence-corrected chi connectivity index (χ3v) is 3.85. The van der Waals surface area contributed by atoms with Gasteiger partial charge in [-0.1, -0.05) is 0 Å². The van der Waals surface area contributed by atoms with Crippen molar-refractivity contribution in [2.24, 2.45) is 0 Å². The van der Waals surface area contributed by atoms with E-state index in [4.69, 9.17) is 4.74 Å². The molecule has 0 aliphatic rings. The highest BCUT2D eigenvalue weighted by molar-refractivity contribution is 7.98. The second-order valence-corrected chi connectivity index (χ2v) is 5.60. The molecule has 104 valence electrons. The minimum atomic E-state index is 0.662. The molecule has 2 aromatic rings. The number of nitrogens with zero attached hydrogens (tertiary/aromatic N) is 1. The maximum Gasteiger partial charge on any atom is 0.150 e. The molecular formula is C16H17NO2S. The lowest BCUT2D eigenvalue weighted by Crippen LogP contribution is -1.93. The van der Waals surface area contributed by atoms with Crippen LogP contribution < -0.4 is 4.74 Å². The molecule has 0 amide bonds. The summed E-state index contributed by atoms with van der Waals surface area (Å²) >= 11 is 1.64. The fourth-order valence-corrected chi connectivity index (χ4v) is 3.02. The minimum Gasteiger partial charge on any atom is -0.496 e. The van der Waals surface area contributed by atoms with E-state index < -0.39 is 0 Å². The Labute approximate surface area is 123 Å². The maximum absolute atomic E-state index is 10.9. The van der Waals surface area contributed by atoms with Gasteiger partial charge >= 0.3 is 0 Å². The van der Waals surface area contributed by atoms with E-state index in [1.165, 1.54) is 5.56 Å². The SMILES string of the molecule is COc1ccc(C=O)cc1CSc1cc(C)cc(C)n1. The van der Waals surface area contributed by atoms with Crippen molar-refractivity contribution in [2.45, 2.75) is 24.6 Å². The summed E-state index contributed by atoms with van der Waals surface area (Å²) in [5, 5.41) is 0.987. The van der Waals surface area contributed by atoms with Gasteiger partial charge in [-0.25, -0.2) is 4.98 Å². The predicted molar refractivity (Wildman–Crippen MR) is 81.7 cm³/mol. The van der Waals surface area contributed by atoms with E-state index in [1.54, 1.807) is 24.9 Å². The number of benzene rings is 1. The van der Waals surface area contributed by atoms with Crippen LogP contribution in [-0.4, -0.2) is 18.4 Å². The Morgan fingerprint density at radius 2 is 2.05 bits per heavy atom. The first kappa shape index (κ1) is 14.6. The molecule has 2 rings (SSSR count). The van der Waals surface area contributed by atoms with E-state index in [2.05, 4.69) is 24.0 Å². The van der Waals surface area contributed by atoms with Crippen LogP contribution in [0.1, 0.15) is 27.2 Å². The number of pyridine rings is 1. The number of hydrogen-bond donors (Lipinski definition) is 0. The van der Waals surface area contributed by atoms with Crippen molar-refractivity contribution < 1.29 is 9.53 Å². The number of rotatable bonds is 5. The first-order valence-electron chi connectivity index (χ1n) is 6.32. The fraction of sp³-hybridized carbons (Fsp3) is 0.250. The molecule has 1 aromatic heterocycles. The highest BCUT2D eigenvalue weighted by atomic mass is 32.2. The molecule has 0 unspecified atom stereocenters. The van der Waals surface area contributed by atoms with Gasteiger partial charge in [0, 0.05) is 22.6 Å². The first-order chi connectivity index (χ1) is 9.62. The molecule has 0 fully saturated rings. The number of thioether (sulfide) groups is 1. The second-order valence-electron chi connectivity index (χ2n) is 4.60. The zero-order valence-electron chi connectivity index (χ0n) is 11.8. The summed E-state index contributed by atoms with van der Waals surface area (Å²) in [4.78, 5) is 15.4. The van der Waals surface area contributed by atoms with Crippen LogP contribution >= 0.6 is 11.8 Å². The van der Waals surface area contributed by atoms with Gasteiger partial charge in [-0.15, -0.1) is 11.8 Å². The van der Waals surface area contributed by atoms with Crippen molar-refractivity contribution in [3.8, 4) is 5.75 Å². The number of aldehydes is 1. The Morgan fingerprint density at radius 1 is 1.25 bits per heavy atom. The first-order valence-corrected chi connectivity index (χ1v) is 7.31. The van der Waals surface area contributed by atoms with Gasteiger partial charge in [0.1, 0.15) is 12.0 Å². The summed E-state index contributed by atoms with van der Waals surface area (Å²) in [6.45, 7) is 4.05. The van der Waals surface area contributed by atoms with Crippen LogP contribution in [0.4, 0.5) is 0 Å². The second kappa shape index (κ2) is 6.57. The third kappa shape index (κ3) is 3.61. The number of carbonyl (C=O) groups is 1. The van der Waals surface area contributed by atoms with E-state index in [1.807, 2.05) is 19.1 Å². The van der Waals surface area contributed by atoms with Crippen molar-refractivity contribution in [2.75, 3.05) is 7.11 Å². The Balaban J connectivity index is 2.19. The van der Waals surface area contributed by atoms with Gasteiger partial charge in [0.05, 0.1) is 12.1 Å². The molecule has 0 spiro atoms. The third-order valence-electron chi connectivity index (χ3n) is 2.89. The molecule has 3 nitrogen and oxygen atoms in total. The molecule has 0 saturated carbocycles. The summed E-state index contributed by atoms with van der Waals surface area (Å²) in [5.74, 6) is 1.52. The lowest BCUT2D eigenvalue weighted by molar-refractivity contribution is 0.112. The lowest BCUT2D eigenvalue weighted by Gasteiger charge is -2.09. The van der Waals surface area contributed by atoms with Crippen LogP contribution in [-0.2, 0) is 5.75 Å². The van der Waals surface area contributed by atoms with Gasteiger partial charge in [-0.3, -0.25) is 4.79 Å². The maximum atomic E-state index is 10.9. The Bertz CT molecular complexity index is 606. The predicted octanol–water partition coefficient (Wildman–Crippen LogP) is 3.81. The quantitative estimate of drug-likeness (QED) is 0.619. The van der Waals surface area contributed by atoms with E-state index in [0.29, 0.717) is 5.56 Å². The van der Waals surface area contributed by atoms with Gasteiger partial charge in [-0.05, 0) is 49.7 Å². The topological polar surface area (TPSA) is 39.2 Å². The van der Waals surface area contributed by atoms with Crippen LogP contribution in [0.25, 0.3) is 0 Å². The summed E-state index contributed by atoms with van der Waals surface area (Å²) in [5.41, 5.74) is 3.88. The molecule has 0 atom stereocenters. The molecular weight excluding hydrogens is 270 g/mol. The minimum absolute atomic E-state index is 0.662. The van der Waals surface area contributed by atoms with Gasteiger partial charge in [0.25, 0.3) is 0 Å². The molecule has 0 aliphatic carbocycles. The van der Waals surface area contributed by atoms with Gasteiger partial charge in [0.2, 0.25) is 0 Å². The molecule has 0 bridgehead atoms. The number of carbonyl (C=O) groups excluding carboxylic acids is 1. The average Bonchev–Trinajstić information content (AvgIpc) is 2.43. The normalized spacial score (nSPS) is 10.3. The monoisotopic (exact) mass is 287 g/mol. The van der Waals surface area contributed by atoms with E-state index in [0.717, 1.165) is 34.1 Å². The zero-order valence-corrected chi connectivity index (χ0v) is 12.7. The van der Waals surface area contributed by atoms with Gasteiger partial charge in [0.15, 0.2) is 0 Å². The van der Waals surface area contributed by atoms with Crippen LogP contribution in [0.5, 0.6) is 5.75 Å². The van der Waals surface area contributed by atoms with Gasteiger partial charge < -0.3 is 4.74 Å².